The zero-order chi connectivity index (χ0) is 18.6. The third-order valence-electron chi connectivity index (χ3n) is 4.82. The van der Waals surface area contributed by atoms with Gasteiger partial charge < -0.3 is 10.2 Å². The van der Waals surface area contributed by atoms with E-state index in [-0.39, 0.29) is 11.3 Å². The van der Waals surface area contributed by atoms with Crippen molar-refractivity contribution in [2.24, 2.45) is 0 Å². The number of nitrogens with one attached hydrogen (secondary N) is 1. The minimum atomic E-state index is -0.202. The summed E-state index contributed by atoms with van der Waals surface area (Å²) in [6.07, 6.45) is 6.36. The number of rotatable bonds is 3. The van der Waals surface area contributed by atoms with Gasteiger partial charge in [0.05, 0.1) is 0 Å². The third-order valence-corrected chi connectivity index (χ3v) is 4.82. The SMILES string of the molecule is CC(C)(C)c1ccc(NC(=O)c2cc(N3CCCCCC3)ncn2)cc1. The monoisotopic (exact) mass is 352 g/mol. The van der Waals surface area contributed by atoms with Crippen LogP contribution >= 0.6 is 0 Å². The van der Waals surface area contributed by atoms with Crippen molar-refractivity contribution in [1.82, 2.24) is 9.97 Å². The Kier molecular flexibility index (Phi) is 5.55. The first-order valence-electron chi connectivity index (χ1n) is 9.42. The molecule has 1 aliphatic rings. The molecular formula is C21H28N4O. The summed E-state index contributed by atoms with van der Waals surface area (Å²) in [7, 11) is 0. The Bertz CT molecular complexity index is 741. The molecule has 0 atom stereocenters. The zero-order valence-corrected chi connectivity index (χ0v) is 16.0. The van der Waals surface area contributed by atoms with Crippen LogP contribution in [0, 0.1) is 0 Å². The highest BCUT2D eigenvalue weighted by molar-refractivity contribution is 6.03. The van der Waals surface area contributed by atoms with Gasteiger partial charge in [-0.2, -0.15) is 0 Å². The van der Waals surface area contributed by atoms with E-state index in [2.05, 4.69) is 53.1 Å². The molecule has 138 valence electrons. The first kappa shape index (κ1) is 18.4. The lowest BCUT2D eigenvalue weighted by Gasteiger charge is -2.21. The Morgan fingerprint density at radius 3 is 2.27 bits per heavy atom. The number of amides is 1. The van der Waals surface area contributed by atoms with E-state index in [0.29, 0.717) is 5.69 Å². The highest BCUT2D eigenvalue weighted by Crippen LogP contribution is 2.24. The summed E-state index contributed by atoms with van der Waals surface area (Å²) in [6.45, 7) is 8.50. The lowest BCUT2D eigenvalue weighted by molar-refractivity contribution is 0.102. The van der Waals surface area contributed by atoms with Crippen molar-refractivity contribution >= 4 is 17.4 Å². The predicted octanol–water partition coefficient (Wildman–Crippen LogP) is 4.41. The number of hydrogen-bond acceptors (Lipinski definition) is 4. The normalized spacial score (nSPS) is 15.4. The minimum absolute atomic E-state index is 0.0945. The number of carbonyl (C=O) groups is 1. The van der Waals surface area contributed by atoms with E-state index >= 15 is 0 Å². The molecule has 2 aromatic rings. The second-order valence-corrected chi connectivity index (χ2v) is 7.94. The van der Waals surface area contributed by atoms with Crippen molar-refractivity contribution in [3.05, 3.63) is 47.9 Å². The average molecular weight is 352 g/mol. The van der Waals surface area contributed by atoms with Crippen LogP contribution in [0.15, 0.2) is 36.7 Å². The van der Waals surface area contributed by atoms with Crippen LogP contribution in [0.1, 0.15) is 62.5 Å². The second kappa shape index (κ2) is 7.85. The summed E-state index contributed by atoms with van der Waals surface area (Å²) < 4.78 is 0. The summed E-state index contributed by atoms with van der Waals surface area (Å²) in [6, 6.07) is 9.78. The van der Waals surface area contributed by atoms with Crippen molar-refractivity contribution in [2.45, 2.75) is 51.9 Å². The van der Waals surface area contributed by atoms with Crippen LogP contribution in [0.5, 0.6) is 0 Å². The highest BCUT2D eigenvalue weighted by atomic mass is 16.1. The number of carbonyl (C=O) groups excluding carboxylic acids is 1. The van der Waals surface area contributed by atoms with E-state index in [9.17, 15) is 4.79 Å². The van der Waals surface area contributed by atoms with E-state index in [4.69, 9.17) is 0 Å². The van der Waals surface area contributed by atoms with Gasteiger partial charge in [0.2, 0.25) is 0 Å². The van der Waals surface area contributed by atoms with Gasteiger partial charge in [-0.15, -0.1) is 0 Å². The lowest BCUT2D eigenvalue weighted by atomic mass is 9.87. The number of hydrogen-bond donors (Lipinski definition) is 1. The van der Waals surface area contributed by atoms with Gasteiger partial charge in [-0.05, 0) is 36.0 Å². The molecule has 1 amide bonds. The van der Waals surface area contributed by atoms with E-state index in [0.717, 1.165) is 24.6 Å². The number of aromatic nitrogens is 2. The van der Waals surface area contributed by atoms with E-state index in [1.165, 1.54) is 37.6 Å². The first-order valence-corrected chi connectivity index (χ1v) is 9.42. The summed E-state index contributed by atoms with van der Waals surface area (Å²) in [5.74, 6) is 0.641. The van der Waals surface area contributed by atoms with Crippen LogP contribution in [0.3, 0.4) is 0 Å². The maximum atomic E-state index is 12.6. The van der Waals surface area contributed by atoms with Gasteiger partial charge in [0.25, 0.3) is 5.91 Å². The number of anilines is 2. The van der Waals surface area contributed by atoms with Crippen molar-refractivity contribution in [2.75, 3.05) is 23.3 Å². The predicted molar refractivity (Wildman–Crippen MR) is 106 cm³/mol. The molecule has 1 aromatic carbocycles. The van der Waals surface area contributed by atoms with E-state index in [1.807, 2.05) is 12.1 Å². The van der Waals surface area contributed by atoms with Gasteiger partial charge in [0.15, 0.2) is 0 Å². The quantitative estimate of drug-likeness (QED) is 0.889. The van der Waals surface area contributed by atoms with Crippen molar-refractivity contribution in [1.29, 1.82) is 0 Å². The highest BCUT2D eigenvalue weighted by Gasteiger charge is 2.16. The molecule has 0 aliphatic carbocycles. The lowest BCUT2D eigenvalue weighted by Crippen LogP contribution is -2.25. The maximum absolute atomic E-state index is 12.6. The first-order chi connectivity index (χ1) is 12.4. The zero-order valence-electron chi connectivity index (χ0n) is 16.0. The van der Waals surface area contributed by atoms with Crippen LogP contribution in [-0.4, -0.2) is 29.0 Å². The molecule has 1 fully saturated rings. The smallest absolute Gasteiger partial charge is 0.274 e. The molecule has 0 unspecified atom stereocenters. The molecule has 2 heterocycles. The molecular weight excluding hydrogens is 324 g/mol. The summed E-state index contributed by atoms with van der Waals surface area (Å²) >= 11 is 0. The van der Waals surface area contributed by atoms with Gasteiger partial charge in [-0.3, -0.25) is 4.79 Å². The Morgan fingerprint density at radius 2 is 1.65 bits per heavy atom. The largest absolute Gasteiger partial charge is 0.357 e. The van der Waals surface area contributed by atoms with Gasteiger partial charge in [0, 0.05) is 24.8 Å². The molecule has 0 saturated carbocycles. The number of nitrogens with zero attached hydrogens (tertiary/aromatic N) is 3. The fourth-order valence-corrected chi connectivity index (χ4v) is 3.19. The summed E-state index contributed by atoms with van der Waals surface area (Å²) in [4.78, 5) is 23.4. The molecule has 3 rings (SSSR count). The fraction of sp³-hybridized carbons (Fsp3) is 0.476. The average Bonchev–Trinajstić information content (AvgIpc) is 2.91. The van der Waals surface area contributed by atoms with Crippen LogP contribution in [0.4, 0.5) is 11.5 Å². The molecule has 26 heavy (non-hydrogen) atoms. The Hall–Kier alpha value is -2.43. The molecule has 0 bridgehead atoms. The van der Waals surface area contributed by atoms with Gasteiger partial charge in [-0.1, -0.05) is 45.7 Å². The number of benzene rings is 1. The molecule has 1 aromatic heterocycles. The van der Waals surface area contributed by atoms with Crippen molar-refractivity contribution in [3.63, 3.8) is 0 Å². The Labute approximate surface area is 155 Å². The molecule has 0 spiro atoms. The fourth-order valence-electron chi connectivity index (χ4n) is 3.19. The Morgan fingerprint density at radius 1 is 1.00 bits per heavy atom. The maximum Gasteiger partial charge on any atom is 0.274 e. The van der Waals surface area contributed by atoms with Gasteiger partial charge in [-0.25, -0.2) is 9.97 Å². The van der Waals surface area contributed by atoms with Gasteiger partial charge >= 0.3 is 0 Å². The third kappa shape index (κ3) is 4.59. The molecule has 5 nitrogen and oxygen atoms in total. The summed E-state index contributed by atoms with van der Waals surface area (Å²) in [5, 5.41) is 2.93. The van der Waals surface area contributed by atoms with Crippen molar-refractivity contribution < 1.29 is 4.79 Å². The van der Waals surface area contributed by atoms with Crippen LogP contribution < -0.4 is 10.2 Å². The Balaban J connectivity index is 1.70. The molecule has 5 heteroatoms. The van der Waals surface area contributed by atoms with Crippen LogP contribution in [0.2, 0.25) is 0 Å². The second-order valence-electron chi connectivity index (χ2n) is 7.94. The molecule has 0 radical (unpaired) electrons. The van der Waals surface area contributed by atoms with Gasteiger partial charge in [0.1, 0.15) is 17.8 Å². The standard InChI is InChI=1S/C21H28N4O/c1-21(2,3)16-8-10-17(11-9-16)24-20(26)18-14-19(23-15-22-18)25-12-6-4-5-7-13-25/h8-11,14-15H,4-7,12-13H2,1-3H3,(H,24,26). The van der Waals surface area contributed by atoms with Crippen LogP contribution in [-0.2, 0) is 5.41 Å². The van der Waals surface area contributed by atoms with E-state index in [1.54, 1.807) is 6.07 Å². The molecule has 1 aliphatic heterocycles. The van der Waals surface area contributed by atoms with E-state index < -0.39 is 0 Å². The summed E-state index contributed by atoms with van der Waals surface area (Å²) in [5.41, 5.74) is 2.51. The van der Waals surface area contributed by atoms with Crippen molar-refractivity contribution in [3.8, 4) is 0 Å². The molecule has 1 saturated heterocycles. The molecule has 1 N–H and O–H groups in total. The minimum Gasteiger partial charge on any atom is -0.357 e. The van der Waals surface area contributed by atoms with Crippen LogP contribution in [0.25, 0.3) is 0 Å². The topological polar surface area (TPSA) is 58.1 Å².